The molecule has 0 aliphatic rings. The highest BCUT2D eigenvalue weighted by atomic mass is 35.5. The van der Waals surface area contributed by atoms with E-state index in [1.165, 1.54) is 0 Å². The number of aryl methyl sites for hydroxylation is 1. The summed E-state index contributed by atoms with van der Waals surface area (Å²) in [6, 6.07) is 0. The molecule has 3 N–H and O–H groups in total. The molecule has 0 aliphatic heterocycles. The van der Waals surface area contributed by atoms with E-state index in [1.54, 1.807) is 0 Å². The van der Waals surface area contributed by atoms with Crippen molar-refractivity contribution in [2.45, 2.75) is 12.8 Å². The summed E-state index contributed by atoms with van der Waals surface area (Å²) in [4.78, 5) is 10.2. The molecule has 1 aromatic rings. The van der Waals surface area contributed by atoms with E-state index in [1.807, 2.05) is 0 Å². The zero-order chi connectivity index (χ0) is 9.14. The van der Waals surface area contributed by atoms with Crippen LogP contribution in [-0.4, -0.2) is 16.2 Å². The maximum atomic E-state index is 10.2. The summed E-state index contributed by atoms with van der Waals surface area (Å²) in [7, 11) is 0. The van der Waals surface area contributed by atoms with E-state index >= 15 is 0 Å². The van der Waals surface area contributed by atoms with Crippen LogP contribution in [0.5, 0.6) is 0 Å². The van der Waals surface area contributed by atoms with E-state index in [0.717, 1.165) is 0 Å². The molecule has 0 radical (unpaired) electrons. The number of halogens is 1. The molecule has 5 nitrogen and oxygen atoms in total. The summed E-state index contributed by atoms with van der Waals surface area (Å²) in [6.07, 6.45) is 0.195. The number of carboxylic acid groups (broad SMARTS) is 1. The summed E-state index contributed by atoms with van der Waals surface area (Å²) in [5.41, 5.74) is 5.62. The molecule has 0 amide bonds. The molecule has 0 spiro atoms. The van der Waals surface area contributed by atoms with Crippen LogP contribution in [0, 0.1) is 0 Å². The normalized spacial score (nSPS) is 10.1. The predicted octanol–water partition coefficient (Wildman–Crippen LogP) is 0.927. The zero-order valence-corrected chi connectivity index (χ0v) is 6.84. The topological polar surface area (TPSA) is 89.4 Å². The summed E-state index contributed by atoms with van der Waals surface area (Å²) >= 11 is 5.62. The minimum Gasteiger partial charge on any atom is -0.481 e. The largest absolute Gasteiger partial charge is 0.481 e. The van der Waals surface area contributed by atoms with Gasteiger partial charge in [-0.25, -0.2) is 0 Å². The highest BCUT2D eigenvalue weighted by Gasteiger charge is 2.11. The zero-order valence-electron chi connectivity index (χ0n) is 6.08. The number of hydrogen-bond acceptors (Lipinski definition) is 4. The molecule has 66 valence electrons. The van der Waals surface area contributed by atoms with Crippen molar-refractivity contribution in [2.75, 3.05) is 5.73 Å². The van der Waals surface area contributed by atoms with Crippen LogP contribution in [0.2, 0.25) is 5.02 Å². The first-order chi connectivity index (χ1) is 5.61. The Kier molecular flexibility index (Phi) is 2.54. The number of carbonyl (C=O) groups is 1. The van der Waals surface area contributed by atoms with Crippen LogP contribution in [0.25, 0.3) is 0 Å². The smallest absolute Gasteiger partial charge is 0.303 e. The first-order valence-electron chi connectivity index (χ1n) is 3.22. The van der Waals surface area contributed by atoms with Gasteiger partial charge in [0.25, 0.3) is 0 Å². The highest BCUT2D eigenvalue weighted by Crippen LogP contribution is 2.23. The second-order valence-corrected chi connectivity index (χ2v) is 2.58. The van der Waals surface area contributed by atoms with Crippen LogP contribution in [0.1, 0.15) is 12.1 Å². The van der Waals surface area contributed by atoms with Gasteiger partial charge < -0.3 is 15.4 Å². The standard InChI is InChI=1S/C6H7ClN2O3/c7-5-3(1-2-4(10)11)9-12-6(5)8/h1-2,8H2,(H,10,11). The van der Waals surface area contributed by atoms with Crippen molar-refractivity contribution >= 4 is 23.5 Å². The molecule has 1 heterocycles. The highest BCUT2D eigenvalue weighted by molar-refractivity contribution is 6.33. The number of nitrogen functional groups attached to an aromatic ring is 1. The number of hydrogen-bond donors (Lipinski definition) is 2. The van der Waals surface area contributed by atoms with Crippen LogP contribution in [0.4, 0.5) is 5.88 Å². The van der Waals surface area contributed by atoms with E-state index in [0.29, 0.717) is 5.69 Å². The van der Waals surface area contributed by atoms with Crippen molar-refractivity contribution in [1.29, 1.82) is 0 Å². The fourth-order valence-corrected chi connectivity index (χ4v) is 0.871. The van der Waals surface area contributed by atoms with Gasteiger partial charge in [0, 0.05) is 6.42 Å². The third-order valence-electron chi connectivity index (χ3n) is 1.30. The molecule has 6 heteroatoms. The van der Waals surface area contributed by atoms with Crippen molar-refractivity contribution in [3.8, 4) is 0 Å². The van der Waals surface area contributed by atoms with Gasteiger partial charge in [0.15, 0.2) is 0 Å². The number of nitrogens with two attached hydrogens (primary N) is 1. The third kappa shape index (κ3) is 1.88. The average Bonchev–Trinajstić information content (AvgIpc) is 2.30. The van der Waals surface area contributed by atoms with E-state index in [9.17, 15) is 4.79 Å². The molecule has 1 aromatic heterocycles. The lowest BCUT2D eigenvalue weighted by atomic mass is 10.2. The molecule has 0 bridgehead atoms. The van der Waals surface area contributed by atoms with Gasteiger partial charge in [-0.3, -0.25) is 4.79 Å². The minimum atomic E-state index is -0.910. The Bertz CT molecular complexity index is 297. The lowest BCUT2D eigenvalue weighted by Crippen LogP contribution is -1.97. The first kappa shape index (κ1) is 8.86. The number of aliphatic carboxylic acids is 1. The lowest BCUT2D eigenvalue weighted by molar-refractivity contribution is -0.136. The molecule has 0 saturated heterocycles. The molecule has 0 aliphatic carbocycles. The Balaban J connectivity index is 2.63. The Hall–Kier alpha value is -1.23. The van der Waals surface area contributed by atoms with Gasteiger partial charge >= 0.3 is 5.97 Å². The number of nitrogens with zero attached hydrogens (tertiary/aromatic N) is 1. The van der Waals surface area contributed by atoms with Crippen molar-refractivity contribution in [3.63, 3.8) is 0 Å². The van der Waals surface area contributed by atoms with E-state index in [4.69, 9.17) is 22.4 Å². The van der Waals surface area contributed by atoms with Crippen molar-refractivity contribution in [3.05, 3.63) is 10.7 Å². The van der Waals surface area contributed by atoms with Gasteiger partial charge in [-0.2, -0.15) is 0 Å². The van der Waals surface area contributed by atoms with Crippen LogP contribution in [0.15, 0.2) is 4.52 Å². The first-order valence-corrected chi connectivity index (χ1v) is 3.60. The number of aromatic nitrogens is 1. The molecule has 0 fully saturated rings. The summed E-state index contributed by atoms with van der Waals surface area (Å²) in [5, 5.41) is 12.0. The SMILES string of the molecule is Nc1onc(CCC(=O)O)c1Cl. The third-order valence-corrected chi connectivity index (χ3v) is 1.70. The summed E-state index contributed by atoms with van der Waals surface area (Å²) < 4.78 is 4.53. The Morgan fingerprint density at radius 3 is 2.83 bits per heavy atom. The molecular formula is C6H7ClN2O3. The van der Waals surface area contributed by atoms with Crippen LogP contribution < -0.4 is 5.73 Å². The molecule has 12 heavy (non-hydrogen) atoms. The predicted molar refractivity (Wildman–Crippen MR) is 41.9 cm³/mol. The lowest BCUT2D eigenvalue weighted by Gasteiger charge is -1.90. The maximum Gasteiger partial charge on any atom is 0.303 e. The molecular weight excluding hydrogens is 184 g/mol. The number of rotatable bonds is 3. The van der Waals surface area contributed by atoms with E-state index < -0.39 is 5.97 Å². The fourth-order valence-electron chi connectivity index (χ4n) is 0.707. The van der Waals surface area contributed by atoms with Gasteiger partial charge in [-0.05, 0) is 0 Å². The van der Waals surface area contributed by atoms with Gasteiger partial charge in [-0.15, -0.1) is 0 Å². The Morgan fingerprint density at radius 2 is 2.42 bits per heavy atom. The van der Waals surface area contributed by atoms with Gasteiger partial charge in [0.1, 0.15) is 10.7 Å². The van der Waals surface area contributed by atoms with E-state index in [2.05, 4.69) is 9.68 Å². The minimum absolute atomic E-state index is 0.0251. The fraction of sp³-hybridized carbons (Fsp3) is 0.333. The summed E-state index contributed by atoms with van der Waals surface area (Å²) in [6.45, 7) is 0. The van der Waals surface area contributed by atoms with Gasteiger partial charge in [0.2, 0.25) is 5.88 Å². The van der Waals surface area contributed by atoms with Crippen LogP contribution in [0.3, 0.4) is 0 Å². The van der Waals surface area contributed by atoms with Crippen molar-refractivity contribution in [1.82, 2.24) is 5.16 Å². The Morgan fingerprint density at radius 1 is 1.75 bits per heavy atom. The van der Waals surface area contributed by atoms with Crippen LogP contribution in [-0.2, 0) is 11.2 Å². The Labute approximate surface area is 73.1 Å². The molecule has 0 unspecified atom stereocenters. The molecule has 0 atom stereocenters. The van der Waals surface area contributed by atoms with E-state index in [-0.39, 0.29) is 23.7 Å². The van der Waals surface area contributed by atoms with Crippen molar-refractivity contribution in [2.24, 2.45) is 0 Å². The second kappa shape index (κ2) is 3.44. The quantitative estimate of drug-likeness (QED) is 0.740. The van der Waals surface area contributed by atoms with Gasteiger partial charge in [0.05, 0.1) is 6.42 Å². The average molecular weight is 191 g/mol. The molecule has 0 saturated carbocycles. The maximum absolute atomic E-state index is 10.2. The number of carboxylic acids is 1. The number of anilines is 1. The van der Waals surface area contributed by atoms with Crippen LogP contribution >= 0.6 is 11.6 Å². The summed E-state index contributed by atoms with van der Waals surface area (Å²) in [5.74, 6) is -0.885. The monoisotopic (exact) mass is 190 g/mol. The second-order valence-electron chi connectivity index (χ2n) is 2.20. The van der Waals surface area contributed by atoms with Gasteiger partial charge in [-0.1, -0.05) is 16.8 Å². The molecule has 0 aromatic carbocycles. The van der Waals surface area contributed by atoms with Crippen molar-refractivity contribution < 1.29 is 14.4 Å². The molecule has 1 rings (SSSR count).